The van der Waals surface area contributed by atoms with Gasteiger partial charge in [-0.2, -0.15) is 0 Å². The Morgan fingerprint density at radius 2 is 2.10 bits per heavy atom. The normalized spacial score (nSPS) is 11.6. The van der Waals surface area contributed by atoms with Crippen LogP contribution in [-0.2, 0) is 9.53 Å². The topological polar surface area (TPSA) is 50.4 Å². The summed E-state index contributed by atoms with van der Waals surface area (Å²) in [4.78, 5) is 10.9. The van der Waals surface area contributed by atoms with Gasteiger partial charge in [0.1, 0.15) is 0 Å². The molecule has 7 heteroatoms. The predicted octanol–water partition coefficient (Wildman–Crippen LogP) is 2.44. The van der Waals surface area contributed by atoms with Gasteiger partial charge in [0, 0.05) is 13.0 Å². The summed E-state index contributed by atoms with van der Waals surface area (Å²) in [7, 11) is 1.34. The number of esters is 1. The first-order valence-electron chi connectivity index (χ1n) is 6.50. The minimum absolute atomic E-state index is 0.263. The van der Waals surface area contributed by atoms with Crippen LogP contribution in [0.5, 0.6) is 0 Å². The highest BCUT2D eigenvalue weighted by atomic mass is 32.1. The quantitative estimate of drug-likeness (QED) is 0.480. The van der Waals surface area contributed by atoms with Crippen molar-refractivity contribution >= 4 is 23.3 Å². The standard InChI is InChI=1S/C14H18F2N2O2S/c1-9(10-5-6-11(15)12(16)8-10)18-14(21)17-7-3-4-13(19)20-2/h5-6,8-9H,3-4,7H2,1-2H3,(H2,17,18,21)/t9-/m1/s1. The van der Waals surface area contributed by atoms with Crippen molar-refractivity contribution in [3.63, 3.8) is 0 Å². The molecule has 0 saturated carbocycles. The lowest BCUT2D eigenvalue weighted by molar-refractivity contribution is -0.140. The molecule has 21 heavy (non-hydrogen) atoms. The molecule has 0 spiro atoms. The maximum atomic E-state index is 13.1. The van der Waals surface area contributed by atoms with Gasteiger partial charge in [-0.1, -0.05) is 6.07 Å². The van der Waals surface area contributed by atoms with Crippen LogP contribution >= 0.6 is 12.2 Å². The Labute approximate surface area is 127 Å². The average molecular weight is 316 g/mol. The lowest BCUT2D eigenvalue weighted by Crippen LogP contribution is -2.37. The SMILES string of the molecule is COC(=O)CCCNC(=S)N[C@H](C)c1ccc(F)c(F)c1. The Hall–Kier alpha value is -1.76. The molecule has 116 valence electrons. The van der Waals surface area contributed by atoms with Crippen molar-refractivity contribution in [2.75, 3.05) is 13.7 Å². The fraction of sp³-hybridized carbons (Fsp3) is 0.429. The summed E-state index contributed by atoms with van der Waals surface area (Å²) in [6.07, 6.45) is 0.902. The molecule has 4 nitrogen and oxygen atoms in total. The van der Waals surface area contributed by atoms with Gasteiger partial charge >= 0.3 is 5.97 Å². The first kappa shape index (κ1) is 17.3. The lowest BCUT2D eigenvalue weighted by atomic mass is 10.1. The van der Waals surface area contributed by atoms with Gasteiger partial charge in [0.05, 0.1) is 13.2 Å². The highest BCUT2D eigenvalue weighted by molar-refractivity contribution is 7.80. The van der Waals surface area contributed by atoms with Gasteiger partial charge in [0.25, 0.3) is 0 Å². The summed E-state index contributed by atoms with van der Waals surface area (Å²) in [6, 6.07) is 3.44. The summed E-state index contributed by atoms with van der Waals surface area (Å²) in [6.45, 7) is 2.31. The number of hydrogen-bond acceptors (Lipinski definition) is 3. The van der Waals surface area contributed by atoms with Crippen LogP contribution in [0.25, 0.3) is 0 Å². The summed E-state index contributed by atoms with van der Waals surface area (Å²) in [5, 5.41) is 6.28. The van der Waals surface area contributed by atoms with E-state index in [0.29, 0.717) is 30.1 Å². The van der Waals surface area contributed by atoms with Crippen molar-refractivity contribution in [3.05, 3.63) is 35.4 Å². The van der Waals surface area contributed by atoms with Crippen molar-refractivity contribution in [3.8, 4) is 0 Å². The van der Waals surface area contributed by atoms with E-state index in [9.17, 15) is 13.6 Å². The number of nitrogens with one attached hydrogen (secondary N) is 2. The smallest absolute Gasteiger partial charge is 0.305 e. The summed E-state index contributed by atoms with van der Waals surface area (Å²) in [5.41, 5.74) is 0.590. The van der Waals surface area contributed by atoms with E-state index in [1.807, 2.05) is 0 Å². The van der Waals surface area contributed by atoms with E-state index in [2.05, 4.69) is 15.4 Å². The molecule has 0 aliphatic heterocycles. The molecule has 1 aromatic rings. The second-order valence-corrected chi connectivity index (χ2v) is 4.88. The molecule has 0 saturated heterocycles. The van der Waals surface area contributed by atoms with E-state index in [1.165, 1.54) is 13.2 Å². The Balaban J connectivity index is 2.36. The Bertz CT molecular complexity index is 512. The van der Waals surface area contributed by atoms with Crippen molar-refractivity contribution in [2.24, 2.45) is 0 Å². The fourth-order valence-corrected chi connectivity index (χ4v) is 1.93. The van der Waals surface area contributed by atoms with Gasteiger partial charge < -0.3 is 15.4 Å². The third kappa shape index (κ3) is 6.03. The Kier molecular flexibility index (Phi) is 7.01. The molecule has 0 aliphatic carbocycles. The van der Waals surface area contributed by atoms with Gasteiger partial charge in [-0.25, -0.2) is 8.78 Å². The zero-order valence-corrected chi connectivity index (χ0v) is 12.7. The van der Waals surface area contributed by atoms with Crippen LogP contribution in [0, 0.1) is 11.6 Å². The molecule has 1 rings (SSSR count). The van der Waals surface area contributed by atoms with Crippen LogP contribution in [-0.4, -0.2) is 24.7 Å². The molecule has 0 amide bonds. The molecule has 1 atom stereocenters. The fourth-order valence-electron chi connectivity index (χ4n) is 1.65. The zero-order chi connectivity index (χ0) is 15.8. The van der Waals surface area contributed by atoms with Crippen molar-refractivity contribution in [1.82, 2.24) is 10.6 Å². The molecular formula is C14H18F2N2O2S. The number of carbonyl (C=O) groups is 1. The minimum atomic E-state index is -0.891. The number of halogens is 2. The molecule has 0 heterocycles. The monoisotopic (exact) mass is 316 g/mol. The average Bonchev–Trinajstić information content (AvgIpc) is 2.46. The van der Waals surface area contributed by atoms with Crippen LogP contribution in [0.1, 0.15) is 31.4 Å². The highest BCUT2D eigenvalue weighted by Crippen LogP contribution is 2.15. The van der Waals surface area contributed by atoms with E-state index >= 15 is 0 Å². The van der Waals surface area contributed by atoms with Crippen molar-refractivity contribution in [2.45, 2.75) is 25.8 Å². The van der Waals surface area contributed by atoms with Crippen LogP contribution in [0.3, 0.4) is 0 Å². The predicted molar refractivity (Wildman–Crippen MR) is 79.8 cm³/mol. The molecule has 1 aromatic carbocycles. The first-order valence-corrected chi connectivity index (χ1v) is 6.91. The second kappa shape index (κ2) is 8.51. The van der Waals surface area contributed by atoms with Gasteiger partial charge in [0.15, 0.2) is 16.7 Å². The van der Waals surface area contributed by atoms with E-state index in [1.54, 1.807) is 6.92 Å². The molecule has 0 bridgehead atoms. The number of ether oxygens (including phenoxy) is 1. The van der Waals surface area contributed by atoms with Gasteiger partial charge in [-0.15, -0.1) is 0 Å². The van der Waals surface area contributed by atoms with Gasteiger partial charge in [-0.05, 0) is 43.3 Å². The van der Waals surface area contributed by atoms with Crippen LogP contribution < -0.4 is 10.6 Å². The largest absolute Gasteiger partial charge is 0.469 e. The molecule has 0 radical (unpaired) electrons. The number of thiocarbonyl (C=S) groups is 1. The van der Waals surface area contributed by atoms with Crippen molar-refractivity contribution < 1.29 is 18.3 Å². The van der Waals surface area contributed by atoms with Gasteiger partial charge in [-0.3, -0.25) is 4.79 Å². The molecule has 0 aromatic heterocycles. The molecule has 0 unspecified atom stereocenters. The molecule has 0 aliphatic rings. The molecular weight excluding hydrogens is 298 g/mol. The van der Waals surface area contributed by atoms with Crippen LogP contribution in [0.2, 0.25) is 0 Å². The van der Waals surface area contributed by atoms with E-state index in [-0.39, 0.29) is 12.0 Å². The summed E-state index contributed by atoms with van der Waals surface area (Å²) in [5.74, 6) is -2.04. The number of benzene rings is 1. The maximum absolute atomic E-state index is 13.1. The van der Waals surface area contributed by atoms with Crippen LogP contribution in [0.4, 0.5) is 8.78 Å². The summed E-state index contributed by atoms with van der Waals surface area (Å²) >= 11 is 5.09. The lowest BCUT2D eigenvalue weighted by Gasteiger charge is -2.17. The molecule has 2 N–H and O–H groups in total. The Morgan fingerprint density at radius 1 is 1.38 bits per heavy atom. The van der Waals surface area contributed by atoms with E-state index in [4.69, 9.17) is 12.2 Å². The zero-order valence-electron chi connectivity index (χ0n) is 11.9. The Morgan fingerprint density at radius 3 is 2.71 bits per heavy atom. The first-order chi connectivity index (χ1) is 9.93. The minimum Gasteiger partial charge on any atom is -0.469 e. The number of carbonyl (C=O) groups excluding carboxylic acids is 1. The maximum Gasteiger partial charge on any atom is 0.305 e. The number of methoxy groups -OCH3 is 1. The molecule has 0 fully saturated rings. The third-order valence-electron chi connectivity index (χ3n) is 2.86. The van der Waals surface area contributed by atoms with Crippen LogP contribution in [0.15, 0.2) is 18.2 Å². The second-order valence-electron chi connectivity index (χ2n) is 4.48. The van der Waals surface area contributed by atoms with Gasteiger partial charge in [0.2, 0.25) is 0 Å². The van der Waals surface area contributed by atoms with E-state index < -0.39 is 11.6 Å². The van der Waals surface area contributed by atoms with Crippen molar-refractivity contribution in [1.29, 1.82) is 0 Å². The summed E-state index contributed by atoms with van der Waals surface area (Å²) < 4.78 is 30.5. The number of rotatable bonds is 6. The van der Waals surface area contributed by atoms with E-state index in [0.717, 1.165) is 12.1 Å². The highest BCUT2D eigenvalue weighted by Gasteiger charge is 2.10. The number of hydrogen-bond donors (Lipinski definition) is 2. The third-order valence-corrected chi connectivity index (χ3v) is 3.12.